The van der Waals surface area contributed by atoms with Crippen LogP contribution in [0.5, 0.6) is 0 Å². The number of carbonyl (C=O) groups excluding carboxylic acids is 1. The van der Waals surface area contributed by atoms with E-state index in [1.165, 1.54) is 11.3 Å². The van der Waals surface area contributed by atoms with Gasteiger partial charge in [-0.05, 0) is 44.7 Å². The van der Waals surface area contributed by atoms with E-state index in [1.54, 1.807) is 11.3 Å². The lowest BCUT2D eigenvalue weighted by molar-refractivity contribution is 0.0614. The summed E-state index contributed by atoms with van der Waals surface area (Å²) in [5, 5.41) is 0. The predicted octanol–water partition coefficient (Wildman–Crippen LogP) is 3.68. The number of hydrogen-bond acceptors (Lipinski definition) is 2. The maximum Gasteiger partial charge on any atom is 0.264 e. The Morgan fingerprint density at radius 3 is 3.00 bits per heavy atom. The number of amides is 1. The first kappa shape index (κ1) is 12.9. The van der Waals surface area contributed by atoms with Crippen molar-refractivity contribution >= 4 is 28.8 Å². The van der Waals surface area contributed by atoms with Crippen LogP contribution in [0.3, 0.4) is 0 Å². The Bertz CT molecular complexity index is 389. The monoisotopic (exact) mass is 271 g/mol. The highest BCUT2D eigenvalue weighted by Crippen LogP contribution is 2.25. The molecule has 1 saturated heterocycles. The van der Waals surface area contributed by atoms with E-state index < -0.39 is 0 Å². The molecule has 1 aromatic rings. The maximum atomic E-state index is 12.4. The van der Waals surface area contributed by atoms with Crippen molar-refractivity contribution in [2.75, 3.05) is 12.4 Å². The Balaban J connectivity index is 2.10. The molecule has 1 unspecified atom stereocenters. The van der Waals surface area contributed by atoms with Crippen LogP contribution in [0.25, 0.3) is 0 Å². The first-order valence-corrected chi connectivity index (χ1v) is 7.51. The van der Waals surface area contributed by atoms with Crippen molar-refractivity contribution in [3.63, 3.8) is 0 Å². The highest BCUT2D eigenvalue weighted by molar-refractivity contribution is 7.13. The first-order valence-electron chi connectivity index (χ1n) is 6.15. The molecule has 4 heteroatoms. The van der Waals surface area contributed by atoms with Crippen molar-refractivity contribution in [2.45, 2.75) is 38.6 Å². The Morgan fingerprint density at radius 1 is 1.53 bits per heavy atom. The van der Waals surface area contributed by atoms with E-state index in [2.05, 4.69) is 0 Å². The summed E-state index contributed by atoms with van der Waals surface area (Å²) >= 11 is 7.41. The van der Waals surface area contributed by atoms with Gasteiger partial charge in [0, 0.05) is 23.3 Å². The zero-order chi connectivity index (χ0) is 12.3. The van der Waals surface area contributed by atoms with Gasteiger partial charge in [-0.1, -0.05) is 0 Å². The van der Waals surface area contributed by atoms with Gasteiger partial charge in [-0.3, -0.25) is 4.79 Å². The molecule has 0 spiro atoms. The van der Waals surface area contributed by atoms with Crippen LogP contribution in [0.4, 0.5) is 0 Å². The average molecular weight is 272 g/mol. The molecule has 0 radical (unpaired) electrons. The topological polar surface area (TPSA) is 20.3 Å². The van der Waals surface area contributed by atoms with Crippen LogP contribution in [0, 0.1) is 6.92 Å². The molecular formula is C13H18ClNOS. The predicted molar refractivity (Wildman–Crippen MR) is 73.1 cm³/mol. The minimum absolute atomic E-state index is 0.193. The van der Waals surface area contributed by atoms with E-state index in [0.717, 1.165) is 30.7 Å². The van der Waals surface area contributed by atoms with Gasteiger partial charge in [0.2, 0.25) is 0 Å². The summed E-state index contributed by atoms with van der Waals surface area (Å²) in [7, 11) is 0. The van der Waals surface area contributed by atoms with E-state index >= 15 is 0 Å². The third-order valence-electron chi connectivity index (χ3n) is 3.28. The van der Waals surface area contributed by atoms with Crippen molar-refractivity contribution in [2.24, 2.45) is 0 Å². The molecule has 0 saturated carbocycles. The van der Waals surface area contributed by atoms with Gasteiger partial charge in [0.1, 0.15) is 0 Å². The lowest BCUT2D eigenvalue weighted by Gasteiger charge is -2.35. The van der Waals surface area contributed by atoms with Crippen LogP contribution < -0.4 is 0 Å². The minimum Gasteiger partial charge on any atom is -0.335 e. The summed E-state index contributed by atoms with van der Waals surface area (Å²) in [6.07, 6.45) is 4.35. The molecule has 1 aromatic heterocycles. The van der Waals surface area contributed by atoms with Gasteiger partial charge in [0.05, 0.1) is 4.88 Å². The third-order valence-corrected chi connectivity index (χ3v) is 4.49. The number of piperidine rings is 1. The second-order valence-corrected chi connectivity index (χ2v) is 6.20. The second kappa shape index (κ2) is 5.87. The van der Waals surface area contributed by atoms with Gasteiger partial charge in [0.15, 0.2) is 0 Å². The number of hydrogen-bond donors (Lipinski definition) is 0. The molecule has 1 aliphatic heterocycles. The number of alkyl halides is 1. The first-order chi connectivity index (χ1) is 8.22. The lowest BCUT2D eigenvalue weighted by atomic mass is 10.00. The number of likely N-dealkylation sites (tertiary alicyclic amines) is 1. The van der Waals surface area contributed by atoms with E-state index in [4.69, 9.17) is 11.6 Å². The largest absolute Gasteiger partial charge is 0.335 e. The van der Waals surface area contributed by atoms with E-state index in [0.29, 0.717) is 11.9 Å². The van der Waals surface area contributed by atoms with Gasteiger partial charge in [0.25, 0.3) is 5.91 Å². The zero-order valence-electron chi connectivity index (χ0n) is 10.1. The number of halogens is 1. The second-order valence-electron chi connectivity index (χ2n) is 4.54. The maximum absolute atomic E-state index is 12.4. The molecule has 1 amide bonds. The Labute approximate surface area is 112 Å². The van der Waals surface area contributed by atoms with E-state index in [9.17, 15) is 4.79 Å². The third kappa shape index (κ3) is 3.02. The molecule has 2 rings (SSSR count). The molecule has 1 atom stereocenters. The fourth-order valence-electron chi connectivity index (χ4n) is 2.39. The summed E-state index contributed by atoms with van der Waals surface area (Å²) in [6.45, 7) is 2.92. The summed E-state index contributed by atoms with van der Waals surface area (Å²) < 4.78 is 0. The summed E-state index contributed by atoms with van der Waals surface area (Å²) in [4.78, 5) is 16.5. The molecule has 0 bridgehead atoms. The van der Waals surface area contributed by atoms with E-state index in [1.807, 2.05) is 24.0 Å². The number of nitrogens with zero attached hydrogens (tertiary/aromatic N) is 1. The number of carbonyl (C=O) groups is 1. The van der Waals surface area contributed by atoms with Gasteiger partial charge >= 0.3 is 0 Å². The summed E-state index contributed by atoms with van der Waals surface area (Å²) in [5.41, 5.74) is 0. The fourth-order valence-corrected chi connectivity index (χ4v) is 3.46. The van der Waals surface area contributed by atoms with Gasteiger partial charge in [-0.25, -0.2) is 0 Å². The Morgan fingerprint density at radius 2 is 2.35 bits per heavy atom. The van der Waals surface area contributed by atoms with Crippen molar-refractivity contribution in [1.29, 1.82) is 0 Å². The molecule has 0 aromatic carbocycles. The fraction of sp³-hybridized carbons (Fsp3) is 0.615. The minimum atomic E-state index is 0.193. The van der Waals surface area contributed by atoms with Crippen LogP contribution >= 0.6 is 22.9 Å². The number of rotatable bonds is 3. The van der Waals surface area contributed by atoms with Gasteiger partial charge in [-0.2, -0.15) is 0 Å². The molecule has 0 aliphatic carbocycles. The summed E-state index contributed by atoms with van der Waals surface area (Å²) in [6, 6.07) is 4.30. The zero-order valence-corrected chi connectivity index (χ0v) is 11.7. The quantitative estimate of drug-likeness (QED) is 0.768. The summed E-state index contributed by atoms with van der Waals surface area (Å²) in [5.74, 6) is 0.829. The van der Waals surface area contributed by atoms with Crippen LogP contribution in [0.2, 0.25) is 0 Å². The van der Waals surface area contributed by atoms with Crippen LogP contribution in [-0.4, -0.2) is 29.3 Å². The normalized spacial score (nSPS) is 20.6. The molecule has 0 N–H and O–H groups in total. The SMILES string of the molecule is Cc1ccc(C(=O)N2CCCCC2CCCl)s1. The van der Waals surface area contributed by atoms with Crippen molar-refractivity contribution in [3.05, 3.63) is 21.9 Å². The average Bonchev–Trinajstić information content (AvgIpc) is 2.76. The van der Waals surface area contributed by atoms with E-state index in [-0.39, 0.29) is 5.91 Å². The van der Waals surface area contributed by atoms with Crippen LogP contribution in [-0.2, 0) is 0 Å². The number of aryl methyl sites for hydroxylation is 1. The molecular weight excluding hydrogens is 254 g/mol. The lowest BCUT2D eigenvalue weighted by Crippen LogP contribution is -2.43. The molecule has 2 nitrogen and oxygen atoms in total. The van der Waals surface area contributed by atoms with Crippen molar-refractivity contribution < 1.29 is 4.79 Å². The van der Waals surface area contributed by atoms with Gasteiger partial charge in [-0.15, -0.1) is 22.9 Å². The molecule has 94 valence electrons. The standard InChI is InChI=1S/C13H18ClNOS/c1-10-5-6-12(17-10)13(16)15-9-3-2-4-11(15)7-8-14/h5-6,11H,2-4,7-9H2,1H3. The smallest absolute Gasteiger partial charge is 0.264 e. The van der Waals surface area contributed by atoms with Crippen molar-refractivity contribution in [1.82, 2.24) is 4.90 Å². The molecule has 1 fully saturated rings. The molecule has 17 heavy (non-hydrogen) atoms. The van der Waals surface area contributed by atoms with Crippen LogP contribution in [0.15, 0.2) is 12.1 Å². The van der Waals surface area contributed by atoms with Crippen molar-refractivity contribution in [3.8, 4) is 0 Å². The molecule has 2 heterocycles. The Hall–Kier alpha value is -0.540. The molecule has 1 aliphatic rings. The van der Waals surface area contributed by atoms with Crippen LogP contribution in [0.1, 0.15) is 40.2 Å². The van der Waals surface area contributed by atoms with Gasteiger partial charge < -0.3 is 4.90 Å². The number of thiophene rings is 1. The highest BCUT2D eigenvalue weighted by atomic mass is 35.5. The Kier molecular flexibility index (Phi) is 4.46. The highest BCUT2D eigenvalue weighted by Gasteiger charge is 2.27.